The van der Waals surface area contributed by atoms with Crippen molar-refractivity contribution < 1.29 is 13.2 Å². The van der Waals surface area contributed by atoms with Gasteiger partial charge in [0.1, 0.15) is 9.77 Å². The molecule has 8 heteroatoms. The summed E-state index contributed by atoms with van der Waals surface area (Å²) in [7, 11) is -3.60. The van der Waals surface area contributed by atoms with E-state index in [9.17, 15) is 13.2 Å². The van der Waals surface area contributed by atoms with Crippen LogP contribution in [0.15, 0.2) is 40.6 Å². The average molecular weight is 462 g/mol. The van der Waals surface area contributed by atoms with E-state index in [1.54, 1.807) is 11.4 Å². The van der Waals surface area contributed by atoms with E-state index >= 15 is 0 Å². The van der Waals surface area contributed by atoms with Gasteiger partial charge in [0.25, 0.3) is 5.91 Å². The normalized spacial score (nSPS) is 18.7. The third kappa shape index (κ3) is 5.55. The van der Waals surface area contributed by atoms with Crippen LogP contribution < -0.4 is 5.32 Å². The second kappa shape index (κ2) is 10.3. The quantitative estimate of drug-likeness (QED) is 0.680. The van der Waals surface area contributed by atoms with Gasteiger partial charge in [-0.15, -0.1) is 11.3 Å². The van der Waals surface area contributed by atoms with Gasteiger partial charge in [-0.25, -0.2) is 8.42 Å². The van der Waals surface area contributed by atoms with E-state index in [1.165, 1.54) is 60.0 Å². The fraction of sp³-hybridized carbons (Fsp3) is 0.522. The van der Waals surface area contributed by atoms with Gasteiger partial charge in [0.05, 0.1) is 0 Å². The van der Waals surface area contributed by atoms with Gasteiger partial charge < -0.3 is 5.32 Å². The Morgan fingerprint density at radius 1 is 0.871 bits per heavy atom. The second-order valence-corrected chi connectivity index (χ2v) is 11.2. The summed E-state index contributed by atoms with van der Waals surface area (Å²) in [6.07, 6.45) is 6.97. The number of sulfonamides is 1. The maximum Gasteiger partial charge on any atom is 0.263 e. The zero-order chi connectivity index (χ0) is 21.7. The zero-order valence-corrected chi connectivity index (χ0v) is 19.5. The molecule has 0 unspecified atom stereocenters. The van der Waals surface area contributed by atoms with Crippen LogP contribution in [-0.2, 0) is 23.1 Å². The van der Waals surface area contributed by atoms with Crippen molar-refractivity contribution >= 4 is 27.3 Å². The number of nitrogens with zero attached hydrogens (tertiary/aromatic N) is 2. The predicted octanol–water partition coefficient (Wildman–Crippen LogP) is 3.84. The number of carbonyl (C=O) groups excluding carboxylic acids is 1. The number of hydrogen-bond donors (Lipinski definition) is 1. The van der Waals surface area contributed by atoms with Crippen LogP contribution in [0.1, 0.15) is 59.3 Å². The van der Waals surface area contributed by atoms with E-state index in [0.717, 1.165) is 24.9 Å². The Kier molecular flexibility index (Phi) is 7.43. The number of rotatable bonds is 7. The van der Waals surface area contributed by atoms with Gasteiger partial charge in [-0.3, -0.25) is 9.69 Å². The first-order chi connectivity index (χ1) is 15.0. The summed E-state index contributed by atoms with van der Waals surface area (Å²) < 4.78 is 27.2. The van der Waals surface area contributed by atoms with Gasteiger partial charge in [0, 0.05) is 26.2 Å². The fourth-order valence-electron chi connectivity index (χ4n) is 4.31. The minimum Gasteiger partial charge on any atom is -0.347 e. The van der Waals surface area contributed by atoms with E-state index in [2.05, 4.69) is 22.3 Å². The van der Waals surface area contributed by atoms with Crippen LogP contribution in [0, 0.1) is 0 Å². The third-order valence-corrected chi connectivity index (χ3v) is 9.08. The molecule has 2 fully saturated rings. The smallest absolute Gasteiger partial charge is 0.263 e. The highest BCUT2D eigenvalue weighted by atomic mass is 32.2. The van der Waals surface area contributed by atoms with Gasteiger partial charge in [0.15, 0.2) is 0 Å². The van der Waals surface area contributed by atoms with Crippen molar-refractivity contribution in [2.75, 3.05) is 26.2 Å². The van der Waals surface area contributed by atoms with Crippen molar-refractivity contribution in [2.24, 2.45) is 0 Å². The molecule has 0 radical (unpaired) electrons. The summed E-state index contributed by atoms with van der Waals surface area (Å²) in [4.78, 5) is 15.6. The molecule has 1 aromatic carbocycles. The Hall–Kier alpha value is -1.74. The van der Waals surface area contributed by atoms with Crippen LogP contribution >= 0.6 is 11.3 Å². The number of nitrogens with one attached hydrogen (secondary N) is 1. The number of likely N-dealkylation sites (tertiary alicyclic amines) is 1. The highest BCUT2D eigenvalue weighted by Crippen LogP contribution is 2.27. The lowest BCUT2D eigenvalue weighted by molar-refractivity contribution is 0.0952. The minimum atomic E-state index is -3.60. The van der Waals surface area contributed by atoms with Gasteiger partial charge >= 0.3 is 0 Å². The molecule has 2 aromatic rings. The summed E-state index contributed by atoms with van der Waals surface area (Å²) in [5, 5.41) is 4.57. The van der Waals surface area contributed by atoms with Crippen molar-refractivity contribution in [1.82, 2.24) is 14.5 Å². The SMILES string of the molecule is O=C(NCc1ccc(CN2CCCCCC2)cc1)c1sccc1S(=O)(=O)N1CCCC1. The lowest BCUT2D eigenvalue weighted by Gasteiger charge is -2.19. The van der Waals surface area contributed by atoms with Crippen molar-refractivity contribution in [2.45, 2.75) is 56.5 Å². The molecule has 0 aliphatic carbocycles. The van der Waals surface area contributed by atoms with Gasteiger partial charge in [-0.2, -0.15) is 4.31 Å². The predicted molar refractivity (Wildman–Crippen MR) is 124 cm³/mol. The van der Waals surface area contributed by atoms with Gasteiger partial charge in [-0.05, 0) is 61.3 Å². The maximum absolute atomic E-state index is 12.9. The molecule has 0 spiro atoms. The largest absolute Gasteiger partial charge is 0.347 e. The van der Waals surface area contributed by atoms with Gasteiger partial charge in [-0.1, -0.05) is 37.1 Å². The molecular formula is C23H31N3O3S2. The summed E-state index contributed by atoms with van der Waals surface area (Å²) in [6, 6.07) is 9.89. The van der Waals surface area contributed by atoms with Crippen LogP contribution in [0.25, 0.3) is 0 Å². The molecule has 0 saturated carbocycles. The number of hydrogen-bond acceptors (Lipinski definition) is 5. The minimum absolute atomic E-state index is 0.129. The Bertz CT molecular complexity index is 972. The average Bonchev–Trinajstić information content (AvgIpc) is 3.43. The van der Waals surface area contributed by atoms with E-state index in [1.807, 2.05) is 12.1 Å². The topological polar surface area (TPSA) is 69.7 Å². The van der Waals surface area contributed by atoms with E-state index in [0.29, 0.717) is 19.6 Å². The summed E-state index contributed by atoms with van der Waals surface area (Å²) in [5.74, 6) is -0.332. The summed E-state index contributed by atoms with van der Waals surface area (Å²) in [5.41, 5.74) is 2.29. The van der Waals surface area contributed by atoms with Crippen molar-refractivity contribution in [3.05, 3.63) is 51.7 Å². The standard InChI is InChI=1S/C23H31N3O3S2/c27-23(22-21(11-16-30-22)31(28,29)26-14-5-6-15-26)24-17-19-7-9-20(10-8-19)18-25-12-3-1-2-4-13-25/h7-11,16H,1-6,12-15,17-18H2,(H,24,27). The van der Waals surface area contributed by atoms with Crippen LogP contribution in [0.4, 0.5) is 0 Å². The number of amides is 1. The van der Waals surface area contributed by atoms with Crippen LogP contribution in [0.2, 0.25) is 0 Å². The van der Waals surface area contributed by atoms with Crippen molar-refractivity contribution in [3.63, 3.8) is 0 Å². The molecule has 0 atom stereocenters. The van der Waals surface area contributed by atoms with Crippen molar-refractivity contribution in [3.8, 4) is 0 Å². The Morgan fingerprint density at radius 2 is 1.48 bits per heavy atom. The molecule has 2 aliphatic heterocycles. The van der Waals surface area contributed by atoms with E-state index in [-0.39, 0.29) is 15.7 Å². The van der Waals surface area contributed by atoms with Gasteiger partial charge in [0.2, 0.25) is 10.0 Å². The highest BCUT2D eigenvalue weighted by Gasteiger charge is 2.31. The van der Waals surface area contributed by atoms with E-state index < -0.39 is 10.0 Å². The first-order valence-corrected chi connectivity index (χ1v) is 13.5. The molecule has 168 valence electrons. The van der Waals surface area contributed by atoms with Crippen LogP contribution in [0.3, 0.4) is 0 Å². The Labute approximate surface area is 189 Å². The number of carbonyl (C=O) groups is 1. The van der Waals surface area contributed by atoms with Crippen molar-refractivity contribution in [1.29, 1.82) is 0 Å². The molecule has 31 heavy (non-hydrogen) atoms. The maximum atomic E-state index is 12.9. The fourth-order valence-corrected chi connectivity index (χ4v) is 7.15. The molecule has 1 amide bonds. The summed E-state index contributed by atoms with van der Waals surface area (Å²) in [6.45, 7) is 4.75. The van der Waals surface area contributed by atoms with Crippen LogP contribution in [0.5, 0.6) is 0 Å². The lowest BCUT2D eigenvalue weighted by Crippen LogP contribution is -2.30. The van der Waals surface area contributed by atoms with Crippen LogP contribution in [-0.4, -0.2) is 49.7 Å². The Morgan fingerprint density at radius 3 is 2.16 bits per heavy atom. The third-order valence-electron chi connectivity index (χ3n) is 6.10. The molecule has 2 aliphatic rings. The lowest BCUT2D eigenvalue weighted by atomic mass is 10.1. The van der Waals surface area contributed by atoms with E-state index in [4.69, 9.17) is 0 Å². The first-order valence-electron chi connectivity index (χ1n) is 11.2. The summed E-state index contributed by atoms with van der Waals surface area (Å²) >= 11 is 1.18. The molecule has 3 heterocycles. The molecule has 4 rings (SSSR count). The molecule has 1 aromatic heterocycles. The monoisotopic (exact) mass is 461 g/mol. The second-order valence-electron chi connectivity index (χ2n) is 8.41. The zero-order valence-electron chi connectivity index (χ0n) is 17.9. The molecule has 2 saturated heterocycles. The number of thiophene rings is 1. The number of benzene rings is 1. The highest BCUT2D eigenvalue weighted by molar-refractivity contribution is 7.89. The first kappa shape index (κ1) is 22.5. The molecule has 1 N–H and O–H groups in total. The molecular weight excluding hydrogens is 430 g/mol. The molecule has 0 bridgehead atoms. The Balaban J connectivity index is 1.34. The molecule has 6 nitrogen and oxygen atoms in total.